The van der Waals surface area contributed by atoms with Gasteiger partial charge in [-0.1, -0.05) is 12.1 Å². The van der Waals surface area contributed by atoms with E-state index in [2.05, 4.69) is 4.90 Å². The predicted octanol–water partition coefficient (Wildman–Crippen LogP) is 2.34. The maximum absolute atomic E-state index is 13.0. The van der Waals surface area contributed by atoms with E-state index in [9.17, 15) is 17.6 Å². The number of nitrogens with zero attached hydrogens (tertiary/aromatic N) is 2. The van der Waals surface area contributed by atoms with Crippen molar-refractivity contribution in [3.8, 4) is 5.75 Å². The molecule has 1 heterocycles. The number of benzene rings is 2. The Morgan fingerprint density at radius 1 is 1.00 bits per heavy atom. The van der Waals surface area contributed by atoms with E-state index in [1.165, 1.54) is 17.7 Å². The van der Waals surface area contributed by atoms with E-state index in [0.29, 0.717) is 13.1 Å². The topological polar surface area (TPSA) is 66.9 Å². The number of piperazine rings is 1. The molecule has 29 heavy (non-hydrogen) atoms. The molecule has 0 bridgehead atoms. The van der Waals surface area contributed by atoms with E-state index < -0.39 is 15.7 Å². The first kappa shape index (κ1) is 21.3. The Balaban J connectivity index is 1.46. The Labute approximate surface area is 170 Å². The Bertz CT molecular complexity index is 922. The number of rotatable bonds is 7. The second kappa shape index (κ2) is 9.37. The van der Waals surface area contributed by atoms with E-state index in [1.807, 2.05) is 24.3 Å². The molecule has 0 aromatic heterocycles. The highest BCUT2D eigenvalue weighted by Crippen LogP contribution is 2.16. The largest absolute Gasteiger partial charge is 0.497 e. The lowest BCUT2D eigenvalue weighted by Crippen LogP contribution is -2.48. The van der Waals surface area contributed by atoms with Crippen LogP contribution in [0.15, 0.2) is 53.4 Å². The van der Waals surface area contributed by atoms with Crippen molar-refractivity contribution in [2.75, 3.05) is 39.0 Å². The molecule has 1 fully saturated rings. The molecule has 0 atom stereocenters. The Hall–Kier alpha value is -2.45. The molecule has 1 aliphatic rings. The molecule has 0 unspecified atom stereocenters. The zero-order valence-corrected chi connectivity index (χ0v) is 17.2. The van der Waals surface area contributed by atoms with Gasteiger partial charge in [-0.15, -0.1) is 0 Å². The van der Waals surface area contributed by atoms with Crippen LogP contribution in [0.25, 0.3) is 0 Å². The lowest BCUT2D eigenvalue weighted by Gasteiger charge is -2.34. The molecule has 1 saturated heterocycles. The lowest BCUT2D eigenvalue weighted by atomic mass is 10.2. The minimum absolute atomic E-state index is 0.0380. The summed E-state index contributed by atoms with van der Waals surface area (Å²) in [6, 6.07) is 12.6. The van der Waals surface area contributed by atoms with Gasteiger partial charge in [0.15, 0.2) is 9.84 Å². The number of sulfone groups is 1. The van der Waals surface area contributed by atoms with Gasteiger partial charge in [-0.05, 0) is 42.0 Å². The van der Waals surface area contributed by atoms with Crippen LogP contribution in [0.2, 0.25) is 0 Å². The van der Waals surface area contributed by atoms with Crippen molar-refractivity contribution in [3.63, 3.8) is 0 Å². The number of carbonyl (C=O) groups is 1. The van der Waals surface area contributed by atoms with Gasteiger partial charge in [-0.3, -0.25) is 9.69 Å². The van der Waals surface area contributed by atoms with Gasteiger partial charge in [-0.25, -0.2) is 12.8 Å². The third kappa shape index (κ3) is 5.77. The van der Waals surface area contributed by atoms with E-state index in [-0.39, 0.29) is 23.0 Å². The highest BCUT2D eigenvalue weighted by Gasteiger charge is 2.23. The number of hydrogen-bond acceptors (Lipinski definition) is 5. The van der Waals surface area contributed by atoms with Crippen molar-refractivity contribution >= 4 is 15.7 Å². The van der Waals surface area contributed by atoms with Crippen molar-refractivity contribution in [2.24, 2.45) is 0 Å². The maximum atomic E-state index is 13.0. The number of hydrogen-bond donors (Lipinski definition) is 0. The number of methoxy groups -OCH3 is 1. The van der Waals surface area contributed by atoms with Crippen LogP contribution in [0.4, 0.5) is 4.39 Å². The summed E-state index contributed by atoms with van der Waals surface area (Å²) in [6.45, 7) is 3.42. The fourth-order valence-electron chi connectivity index (χ4n) is 3.28. The molecule has 2 aromatic carbocycles. The maximum Gasteiger partial charge on any atom is 0.223 e. The molecular formula is C21H25FN2O4S. The van der Waals surface area contributed by atoms with Crippen molar-refractivity contribution in [1.29, 1.82) is 0 Å². The first-order valence-corrected chi connectivity index (χ1v) is 11.1. The summed E-state index contributed by atoms with van der Waals surface area (Å²) in [4.78, 5) is 16.5. The van der Waals surface area contributed by atoms with Gasteiger partial charge >= 0.3 is 0 Å². The van der Waals surface area contributed by atoms with Crippen LogP contribution >= 0.6 is 0 Å². The molecule has 1 amide bonds. The van der Waals surface area contributed by atoms with Crippen LogP contribution in [0, 0.1) is 5.82 Å². The molecule has 0 aliphatic carbocycles. The average Bonchev–Trinajstić information content (AvgIpc) is 2.73. The highest BCUT2D eigenvalue weighted by molar-refractivity contribution is 7.91. The molecule has 156 valence electrons. The molecule has 1 aliphatic heterocycles. The van der Waals surface area contributed by atoms with Crippen LogP contribution in [-0.4, -0.2) is 63.2 Å². The van der Waals surface area contributed by atoms with E-state index in [0.717, 1.165) is 37.5 Å². The van der Waals surface area contributed by atoms with Gasteiger partial charge < -0.3 is 9.64 Å². The molecule has 0 N–H and O–H groups in total. The van der Waals surface area contributed by atoms with Gasteiger partial charge in [-0.2, -0.15) is 0 Å². The predicted molar refractivity (Wildman–Crippen MR) is 108 cm³/mol. The minimum atomic E-state index is -3.60. The van der Waals surface area contributed by atoms with E-state index in [4.69, 9.17) is 4.74 Å². The third-order valence-electron chi connectivity index (χ3n) is 5.05. The van der Waals surface area contributed by atoms with Crippen molar-refractivity contribution in [1.82, 2.24) is 9.80 Å². The van der Waals surface area contributed by atoms with Crippen molar-refractivity contribution in [3.05, 3.63) is 59.9 Å². The van der Waals surface area contributed by atoms with Gasteiger partial charge in [0, 0.05) is 39.1 Å². The van der Waals surface area contributed by atoms with E-state index >= 15 is 0 Å². The third-order valence-corrected chi connectivity index (χ3v) is 6.78. The summed E-state index contributed by atoms with van der Waals surface area (Å²) in [7, 11) is -1.97. The Kier molecular flexibility index (Phi) is 6.87. The van der Waals surface area contributed by atoms with E-state index in [1.54, 1.807) is 12.0 Å². The van der Waals surface area contributed by atoms with Crippen LogP contribution in [0.1, 0.15) is 12.0 Å². The monoisotopic (exact) mass is 420 g/mol. The highest BCUT2D eigenvalue weighted by atomic mass is 32.2. The minimum Gasteiger partial charge on any atom is -0.497 e. The molecular weight excluding hydrogens is 395 g/mol. The number of ether oxygens (including phenoxy) is 1. The second-order valence-corrected chi connectivity index (χ2v) is 9.14. The zero-order valence-electron chi connectivity index (χ0n) is 16.4. The molecule has 6 nitrogen and oxygen atoms in total. The molecule has 0 spiro atoms. The van der Waals surface area contributed by atoms with Crippen LogP contribution < -0.4 is 4.74 Å². The fraction of sp³-hybridized carbons (Fsp3) is 0.381. The summed E-state index contributed by atoms with van der Waals surface area (Å²) < 4.78 is 42.8. The second-order valence-electron chi connectivity index (χ2n) is 7.03. The average molecular weight is 421 g/mol. The first-order valence-electron chi connectivity index (χ1n) is 9.49. The van der Waals surface area contributed by atoms with Crippen LogP contribution in [0.5, 0.6) is 5.75 Å². The summed E-state index contributed by atoms with van der Waals surface area (Å²) in [5.74, 6) is -0.115. The van der Waals surface area contributed by atoms with Crippen molar-refractivity contribution < 1.29 is 22.3 Å². The molecule has 3 rings (SSSR count). The smallest absolute Gasteiger partial charge is 0.223 e. The molecule has 2 aromatic rings. The summed E-state index contributed by atoms with van der Waals surface area (Å²) in [5, 5.41) is 0. The standard InChI is InChI=1S/C21H25FN2O4S/c1-28-19-6-2-17(3-7-19)16-23-11-13-24(14-12-23)21(25)10-15-29(26,27)20-8-4-18(22)5-9-20/h2-9H,10-16H2,1H3. The first-order chi connectivity index (χ1) is 13.9. The van der Waals surface area contributed by atoms with Gasteiger partial charge in [0.1, 0.15) is 11.6 Å². The lowest BCUT2D eigenvalue weighted by molar-refractivity contribution is -0.132. The number of amides is 1. The molecule has 0 radical (unpaired) electrons. The Morgan fingerprint density at radius 2 is 1.62 bits per heavy atom. The van der Waals surface area contributed by atoms with Crippen LogP contribution in [0.3, 0.4) is 0 Å². The van der Waals surface area contributed by atoms with Gasteiger partial charge in [0.05, 0.1) is 17.8 Å². The van der Waals surface area contributed by atoms with Gasteiger partial charge in [0.25, 0.3) is 0 Å². The quantitative estimate of drug-likeness (QED) is 0.644. The Morgan fingerprint density at radius 3 is 2.21 bits per heavy atom. The van der Waals surface area contributed by atoms with Crippen LogP contribution in [-0.2, 0) is 21.2 Å². The molecule has 8 heteroatoms. The normalized spacial score (nSPS) is 15.3. The number of halogens is 1. The zero-order chi connectivity index (χ0) is 20.9. The SMILES string of the molecule is COc1ccc(CN2CCN(C(=O)CCS(=O)(=O)c3ccc(F)cc3)CC2)cc1. The summed E-state index contributed by atoms with van der Waals surface area (Å²) >= 11 is 0. The number of carbonyl (C=O) groups excluding carboxylic acids is 1. The fourth-order valence-corrected chi connectivity index (χ4v) is 4.51. The summed E-state index contributed by atoms with van der Waals surface area (Å²) in [6.07, 6.45) is -0.0712. The molecule has 0 saturated carbocycles. The van der Waals surface area contributed by atoms with Gasteiger partial charge in [0.2, 0.25) is 5.91 Å². The van der Waals surface area contributed by atoms with Crippen molar-refractivity contribution in [2.45, 2.75) is 17.9 Å². The summed E-state index contributed by atoms with van der Waals surface area (Å²) in [5.41, 5.74) is 1.18.